The van der Waals surface area contributed by atoms with Crippen LogP contribution in [0.15, 0.2) is 24.3 Å². The van der Waals surface area contributed by atoms with Gasteiger partial charge in [-0.2, -0.15) is 0 Å². The predicted molar refractivity (Wildman–Crippen MR) is 57.7 cm³/mol. The molecule has 0 aliphatic heterocycles. The normalized spacial score (nSPS) is 12.7. The molecule has 0 radical (unpaired) electrons. The zero-order valence-electron chi connectivity index (χ0n) is 8.53. The summed E-state index contributed by atoms with van der Waals surface area (Å²) in [5.41, 5.74) is 3.91. The highest BCUT2D eigenvalue weighted by molar-refractivity contribution is 5.27. The molecule has 0 unspecified atom stereocenters. The minimum atomic E-state index is 0.190. The number of hydrogen-bond acceptors (Lipinski definition) is 3. The smallest absolute Gasteiger partial charge is 0.115 e. The average Bonchev–Trinajstić information content (AvgIpc) is 2.21. The molecule has 3 heteroatoms. The van der Waals surface area contributed by atoms with Crippen LogP contribution >= 0.6 is 0 Å². The first-order valence-corrected chi connectivity index (χ1v) is 5.03. The molecule has 0 heterocycles. The maximum Gasteiger partial charge on any atom is 0.115 e. The summed E-state index contributed by atoms with van der Waals surface area (Å²) in [6.07, 6.45) is 3.34. The lowest BCUT2D eigenvalue weighted by atomic mass is 10.0. The Balaban J connectivity index is 2.64. The van der Waals surface area contributed by atoms with Crippen LogP contribution in [0.5, 0.6) is 5.75 Å². The van der Waals surface area contributed by atoms with E-state index in [2.05, 4.69) is 12.3 Å². The molecule has 14 heavy (non-hydrogen) atoms. The molecule has 0 aliphatic rings. The molecule has 0 saturated carbocycles. The summed E-state index contributed by atoms with van der Waals surface area (Å²) < 4.78 is 0. The van der Waals surface area contributed by atoms with Gasteiger partial charge in [-0.05, 0) is 24.1 Å². The van der Waals surface area contributed by atoms with Crippen molar-refractivity contribution in [3.05, 3.63) is 29.8 Å². The second-order valence-corrected chi connectivity index (χ2v) is 3.45. The summed E-state index contributed by atoms with van der Waals surface area (Å²) in [6.45, 7) is 2.16. The third-order valence-corrected chi connectivity index (χ3v) is 2.34. The second kappa shape index (κ2) is 5.62. The largest absolute Gasteiger partial charge is 0.508 e. The molecule has 1 aromatic rings. The van der Waals surface area contributed by atoms with Crippen molar-refractivity contribution in [3.63, 3.8) is 0 Å². The fraction of sp³-hybridized carbons (Fsp3) is 0.455. The Labute approximate surface area is 84.9 Å². The highest BCUT2D eigenvalue weighted by Crippen LogP contribution is 2.20. The fourth-order valence-electron chi connectivity index (χ4n) is 1.46. The SMILES string of the molecule is CCCC[C@@H](NN)c1ccc(O)cc1. The van der Waals surface area contributed by atoms with Crippen LogP contribution in [0.2, 0.25) is 0 Å². The maximum atomic E-state index is 9.14. The van der Waals surface area contributed by atoms with Crippen LogP contribution in [0.25, 0.3) is 0 Å². The number of unbranched alkanes of at least 4 members (excludes halogenated alkanes) is 1. The lowest BCUT2D eigenvalue weighted by molar-refractivity contribution is 0.471. The van der Waals surface area contributed by atoms with Crippen molar-refractivity contribution in [1.29, 1.82) is 0 Å². The summed E-state index contributed by atoms with van der Waals surface area (Å²) in [5.74, 6) is 5.76. The van der Waals surface area contributed by atoms with Crippen LogP contribution in [0.4, 0.5) is 0 Å². The first-order valence-electron chi connectivity index (χ1n) is 5.03. The molecular weight excluding hydrogens is 176 g/mol. The van der Waals surface area contributed by atoms with Gasteiger partial charge in [-0.25, -0.2) is 0 Å². The van der Waals surface area contributed by atoms with Gasteiger partial charge >= 0.3 is 0 Å². The number of phenolic OH excluding ortho intramolecular Hbond substituents is 1. The van der Waals surface area contributed by atoms with Gasteiger partial charge in [0.15, 0.2) is 0 Å². The Hall–Kier alpha value is -1.06. The van der Waals surface area contributed by atoms with Gasteiger partial charge in [0.1, 0.15) is 5.75 Å². The van der Waals surface area contributed by atoms with Gasteiger partial charge in [0.25, 0.3) is 0 Å². The van der Waals surface area contributed by atoms with Crippen molar-refractivity contribution in [2.24, 2.45) is 5.84 Å². The fourth-order valence-corrected chi connectivity index (χ4v) is 1.46. The van der Waals surface area contributed by atoms with E-state index in [9.17, 15) is 0 Å². The minimum absolute atomic E-state index is 0.190. The van der Waals surface area contributed by atoms with Crippen molar-refractivity contribution in [2.75, 3.05) is 0 Å². The standard InChI is InChI=1S/C11H18N2O/c1-2-3-4-11(13-12)9-5-7-10(14)8-6-9/h5-8,11,13-14H,2-4,12H2,1H3/t11-/m1/s1. The molecule has 0 aromatic heterocycles. The molecule has 1 rings (SSSR count). The molecule has 1 atom stereocenters. The average molecular weight is 194 g/mol. The summed E-state index contributed by atoms with van der Waals surface area (Å²) >= 11 is 0. The van der Waals surface area contributed by atoms with E-state index in [1.807, 2.05) is 12.1 Å². The monoisotopic (exact) mass is 194 g/mol. The van der Waals surface area contributed by atoms with Crippen LogP contribution < -0.4 is 11.3 Å². The van der Waals surface area contributed by atoms with Gasteiger partial charge in [0.2, 0.25) is 0 Å². The first-order chi connectivity index (χ1) is 6.77. The van der Waals surface area contributed by atoms with Gasteiger partial charge in [0.05, 0.1) is 0 Å². The van der Waals surface area contributed by atoms with Crippen molar-refractivity contribution in [2.45, 2.75) is 32.2 Å². The number of hydrogen-bond donors (Lipinski definition) is 3. The summed E-state index contributed by atoms with van der Waals surface area (Å²) in [5, 5.41) is 9.14. The Morgan fingerprint density at radius 2 is 2.00 bits per heavy atom. The molecule has 78 valence electrons. The Morgan fingerprint density at radius 3 is 2.50 bits per heavy atom. The minimum Gasteiger partial charge on any atom is -0.508 e. The quantitative estimate of drug-likeness (QED) is 0.497. The number of rotatable bonds is 5. The topological polar surface area (TPSA) is 58.3 Å². The number of phenols is 1. The van der Waals surface area contributed by atoms with E-state index in [1.54, 1.807) is 12.1 Å². The van der Waals surface area contributed by atoms with Crippen molar-refractivity contribution in [1.82, 2.24) is 5.43 Å². The van der Waals surface area contributed by atoms with E-state index in [-0.39, 0.29) is 6.04 Å². The highest BCUT2D eigenvalue weighted by atomic mass is 16.3. The summed E-state index contributed by atoms with van der Waals surface area (Å²) in [7, 11) is 0. The van der Waals surface area contributed by atoms with Gasteiger partial charge in [-0.1, -0.05) is 31.9 Å². The van der Waals surface area contributed by atoms with E-state index in [4.69, 9.17) is 10.9 Å². The van der Waals surface area contributed by atoms with Crippen molar-refractivity contribution in [3.8, 4) is 5.75 Å². The lowest BCUT2D eigenvalue weighted by Crippen LogP contribution is -2.27. The Kier molecular flexibility index (Phi) is 4.43. The molecule has 0 spiro atoms. The van der Waals surface area contributed by atoms with Crippen LogP contribution in [0.1, 0.15) is 37.8 Å². The molecule has 1 aromatic carbocycles. The third-order valence-electron chi connectivity index (χ3n) is 2.34. The Bertz CT molecular complexity index is 258. The van der Waals surface area contributed by atoms with Crippen molar-refractivity contribution >= 4 is 0 Å². The van der Waals surface area contributed by atoms with E-state index in [0.29, 0.717) is 5.75 Å². The molecule has 3 nitrogen and oxygen atoms in total. The van der Waals surface area contributed by atoms with E-state index in [0.717, 1.165) is 24.8 Å². The van der Waals surface area contributed by atoms with Crippen LogP contribution in [0, 0.1) is 0 Å². The molecule has 0 saturated heterocycles. The van der Waals surface area contributed by atoms with Gasteiger partial charge in [0, 0.05) is 6.04 Å². The number of hydrazine groups is 1. The van der Waals surface area contributed by atoms with E-state index in [1.165, 1.54) is 0 Å². The molecule has 0 fully saturated rings. The molecule has 0 amide bonds. The zero-order chi connectivity index (χ0) is 10.4. The summed E-state index contributed by atoms with van der Waals surface area (Å²) in [6, 6.07) is 7.36. The van der Waals surface area contributed by atoms with Gasteiger partial charge in [-0.15, -0.1) is 0 Å². The first kappa shape index (κ1) is 11.0. The van der Waals surface area contributed by atoms with Crippen LogP contribution in [0.3, 0.4) is 0 Å². The number of benzene rings is 1. The summed E-state index contributed by atoms with van der Waals surface area (Å²) in [4.78, 5) is 0. The molecule has 4 N–H and O–H groups in total. The predicted octanol–water partition coefficient (Wildman–Crippen LogP) is 2.09. The third kappa shape index (κ3) is 3.01. The number of nitrogens with two attached hydrogens (primary N) is 1. The zero-order valence-corrected chi connectivity index (χ0v) is 8.53. The second-order valence-electron chi connectivity index (χ2n) is 3.45. The number of nitrogens with one attached hydrogen (secondary N) is 1. The Morgan fingerprint density at radius 1 is 1.36 bits per heavy atom. The number of aromatic hydroxyl groups is 1. The molecule has 0 bridgehead atoms. The van der Waals surface area contributed by atoms with E-state index >= 15 is 0 Å². The van der Waals surface area contributed by atoms with Crippen LogP contribution in [-0.2, 0) is 0 Å². The lowest BCUT2D eigenvalue weighted by Gasteiger charge is -2.15. The van der Waals surface area contributed by atoms with Crippen LogP contribution in [-0.4, -0.2) is 5.11 Å². The van der Waals surface area contributed by atoms with E-state index < -0.39 is 0 Å². The van der Waals surface area contributed by atoms with Crippen molar-refractivity contribution < 1.29 is 5.11 Å². The van der Waals surface area contributed by atoms with Gasteiger partial charge < -0.3 is 5.11 Å². The molecule has 0 aliphatic carbocycles. The van der Waals surface area contributed by atoms with Gasteiger partial charge in [-0.3, -0.25) is 11.3 Å². The molecular formula is C11H18N2O. The maximum absolute atomic E-state index is 9.14. The highest BCUT2D eigenvalue weighted by Gasteiger charge is 2.07.